The van der Waals surface area contributed by atoms with Gasteiger partial charge in [0.15, 0.2) is 0 Å². The summed E-state index contributed by atoms with van der Waals surface area (Å²) in [5, 5.41) is 22.1. The zero-order valence-electron chi connectivity index (χ0n) is 25.3. The highest BCUT2D eigenvalue weighted by molar-refractivity contribution is 7.07. The van der Waals surface area contributed by atoms with Gasteiger partial charge in [0.25, 0.3) is 0 Å². The van der Waals surface area contributed by atoms with Crippen molar-refractivity contribution in [1.29, 1.82) is 0 Å². The fourth-order valence-corrected chi connectivity index (χ4v) is 5.78. The highest BCUT2D eigenvalue weighted by Crippen LogP contribution is 2.30. The Morgan fingerprint density at radius 2 is 1.82 bits per heavy atom. The van der Waals surface area contributed by atoms with Crippen molar-refractivity contribution in [2.75, 3.05) is 6.54 Å². The van der Waals surface area contributed by atoms with E-state index in [1.807, 2.05) is 19.2 Å². The lowest BCUT2D eigenvalue weighted by Gasteiger charge is -2.33. The van der Waals surface area contributed by atoms with Crippen LogP contribution < -0.4 is 16.0 Å². The number of nitrogens with zero attached hydrogens (tertiary/aromatic N) is 1. The van der Waals surface area contributed by atoms with E-state index in [0.717, 1.165) is 38.5 Å². The minimum absolute atomic E-state index is 0.0357. The Morgan fingerprint density at radius 1 is 1.12 bits per heavy atom. The Kier molecular flexibility index (Phi) is 14.4. The molecule has 0 bridgehead atoms. The maximum Gasteiger partial charge on any atom is 0.408 e. The van der Waals surface area contributed by atoms with Gasteiger partial charge in [-0.05, 0) is 51.9 Å². The van der Waals surface area contributed by atoms with E-state index in [0.29, 0.717) is 24.6 Å². The summed E-state index contributed by atoms with van der Waals surface area (Å²) in [6.07, 6.45) is 7.00. The average Bonchev–Trinajstić information content (AvgIpc) is 3.39. The third kappa shape index (κ3) is 12.5. The number of aromatic nitrogens is 1. The number of ether oxygens (including phenoxy) is 1. The SMILES string of the molecule is CCCCNC(=O)[C@@H](C[C@H](O)[C@H](CC1CCCCC1)NC(=O)[C@H](Cc1cscn1)NC(=O)OC(C)(C)C)C(C)C. The molecule has 1 saturated carbocycles. The number of nitrogens with one attached hydrogen (secondary N) is 3. The Hall–Kier alpha value is -2.20. The summed E-state index contributed by atoms with van der Waals surface area (Å²) in [5.41, 5.74) is 1.66. The molecule has 9 nitrogen and oxygen atoms in total. The maximum absolute atomic E-state index is 13.7. The molecule has 0 aliphatic heterocycles. The van der Waals surface area contributed by atoms with Gasteiger partial charge in [-0.2, -0.15) is 0 Å². The van der Waals surface area contributed by atoms with Crippen LogP contribution in [0, 0.1) is 17.8 Å². The zero-order valence-corrected chi connectivity index (χ0v) is 26.1. The van der Waals surface area contributed by atoms with Crippen molar-refractivity contribution in [3.05, 3.63) is 16.6 Å². The number of unbranched alkanes of at least 4 members (excludes halogenated alkanes) is 1. The normalized spacial score (nSPS) is 17.5. The van der Waals surface area contributed by atoms with Crippen LogP contribution in [0.1, 0.15) is 105 Å². The number of carbonyl (C=O) groups excluding carboxylic acids is 3. The minimum atomic E-state index is -0.920. The summed E-state index contributed by atoms with van der Waals surface area (Å²) in [6.45, 7) is 12.0. The van der Waals surface area contributed by atoms with E-state index in [-0.39, 0.29) is 30.6 Å². The predicted molar refractivity (Wildman–Crippen MR) is 159 cm³/mol. The van der Waals surface area contributed by atoms with E-state index >= 15 is 0 Å². The molecule has 0 aromatic carbocycles. The summed E-state index contributed by atoms with van der Waals surface area (Å²) >= 11 is 1.42. The van der Waals surface area contributed by atoms with Gasteiger partial charge in [-0.15, -0.1) is 11.3 Å². The van der Waals surface area contributed by atoms with Crippen LogP contribution in [0.3, 0.4) is 0 Å². The van der Waals surface area contributed by atoms with E-state index in [4.69, 9.17) is 4.74 Å². The van der Waals surface area contributed by atoms with Gasteiger partial charge in [-0.1, -0.05) is 59.3 Å². The fraction of sp³-hybridized carbons (Fsp3) is 0.800. The number of aliphatic hydroxyl groups is 1. The van der Waals surface area contributed by atoms with E-state index in [9.17, 15) is 19.5 Å². The number of carbonyl (C=O) groups is 3. The molecule has 228 valence electrons. The second kappa shape index (κ2) is 16.9. The molecule has 1 aromatic rings. The van der Waals surface area contributed by atoms with Gasteiger partial charge in [-0.3, -0.25) is 9.59 Å². The van der Waals surface area contributed by atoms with Gasteiger partial charge in [0.2, 0.25) is 11.8 Å². The van der Waals surface area contributed by atoms with Crippen molar-refractivity contribution < 1.29 is 24.2 Å². The monoisotopic (exact) mass is 580 g/mol. The number of rotatable bonds is 15. The molecule has 0 spiro atoms. The molecule has 10 heteroatoms. The molecule has 0 radical (unpaired) electrons. The van der Waals surface area contributed by atoms with Gasteiger partial charge in [0.1, 0.15) is 11.6 Å². The van der Waals surface area contributed by atoms with Gasteiger partial charge >= 0.3 is 6.09 Å². The lowest BCUT2D eigenvalue weighted by atomic mass is 9.81. The van der Waals surface area contributed by atoms with Crippen LogP contribution in [0.25, 0.3) is 0 Å². The third-order valence-electron chi connectivity index (χ3n) is 7.47. The molecule has 1 fully saturated rings. The number of hydrogen-bond donors (Lipinski definition) is 4. The molecule has 4 N–H and O–H groups in total. The first-order valence-electron chi connectivity index (χ1n) is 15.0. The van der Waals surface area contributed by atoms with Gasteiger partial charge < -0.3 is 25.8 Å². The van der Waals surface area contributed by atoms with Crippen molar-refractivity contribution in [1.82, 2.24) is 20.9 Å². The molecule has 40 heavy (non-hydrogen) atoms. The average molecular weight is 581 g/mol. The quantitative estimate of drug-likeness (QED) is 0.217. The molecule has 1 aliphatic rings. The maximum atomic E-state index is 13.7. The van der Waals surface area contributed by atoms with E-state index in [1.54, 1.807) is 26.3 Å². The van der Waals surface area contributed by atoms with Crippen molar-refractivity contribution >= 4 is 29.2 Å². The van der Waals surface area contributed by atoms with Crippen molar-refractivity contribution in [2.45, 2.75) is 130 Å². The lowest BCUT2D eigenvalue weighted by Crippen LogP contribution is -2.55. The highest BCUT2D eigenvalue weighted by atomic mass is 32.1. The summed E-state index contributed by atoms with van der Waals surface area (Å²) in [6, 6.07) is -1.46. The summed E-state index contributed by atoms with van der Waals surface area (Å²) in [7, 11) is 0. The van der Waals surface area contributed by atoms with Crippen LogP contribution in [0.15, 0.2) is 10.9 Å². The minimum Gasteiger partial charge on any atom is -0.444 e. The standard InChI is InChI=1S/C30H52N4O5S/c1-7-8-14-31-27(36)23(20(2)3)17-26(35)24(15-21-12-10-9-11-13-21)33-28(37)25(16-22-18-40-19-32-22)34-29(38)39-30(4,5)6/h18-21,23-26,35H,7-17H2,1-6H3,(H,31,36)(H,33,37)(H,34,38)/t23-,24-,25-,26-/m0/s1. The van der Waals surface area contributed by atoms with E-state index in [2.05, 4.69) is 27.9 Å². The van der Waals surface area contributed by atoms with Crippen molar-refractivity contribution in [3.63, 3.8) is 0 Å². The first-order valence-corrected chi connectivity index (χ1v) is 16.0. The molecule has 1 aromatic heterocycles. The number of hydrogen-bond acceptors (Lipinski definition) is 7. The Labute approximate surface area is 244 Å². The second-order valence-electron chi connectivity index (χ2n) is 12.5. The number of aliphatic hydroxyl groups excluding tert-OH is 1. The van der Waals surface area contributed by atoms with Crippen LogP contribution >= 0.6 is 11.3 Å². The molecular weight excluding hydrogens is 528 g/mol. The smallest absolute Gasteiger partial charge is 0.408 e. The van der Waals surface area contributed by atoms with Crippen molar-refractivity contribution in [3.8, 4) is 0 Å². The second-order valence-corrected chi connectivity index (χ2v) is 13.3. The van der Waals surface area contributed by atoms with Gasteiger partial charge in [0.05, 0.1) is 23.4 Å². The Bertz CT molecular complexity index is 896. The first kappa shape index (κ1) is 34.0. The first-order chi connectivity index (χ1) is 18.9. The molecule has 3 amide bonds. The van der Waals surface area contributed by atoms with Crippen LogP contribution in [0.2, 0.25) is 0 Å². The van der Waals surface area contributed by atoms with Crippen LogP contribution in [0.5, 0.6) is 0 Å². The van der Waals surface area contributed by atoms with E-state index in [1.165, 1.54) is 17.8 Å². The lowest BCUT2D eigenvalue weighted by molar-refractivity contribution is -0.128. The molecule has 1 heterocycles. The largest absolute Gasteiger partial charge is 0.444 e. The van der Waals surface area contributed by atoms with E-state index < -0.39 is 35.8 Å². The fourth-order valence-electron chi connectivity index (χ4n) is 5.21. The number of amides is 3. The van der Waals surface area contributed by atoms with Crippen LogP contribution in [-0.2, 0) is 20.7 Å². The third-order valence-corrected chi connectivity index (χ3v) is 8.11. The highest BCUT2D eigenvalue weighted by Gasteiger charge is 2.34. The number of alkyl carbamates (subject to hydrolysis) is 1. The topological polar surface area (TPSA) is 130 Å². The van der Waals surface area contributed by atoms with Crippen LogP contribution in [-0.4, -0.2) is 58.3 Å². The molecular formula is C30H52N4O5S. The molecule has 0 unspecified atom stereocenters. The summed E-state index contributed by atoms with van der Waals surface area (Å²) < 4.78 is 5.42. The Balaban J connectivity index is 2.21. The van der Waals surface area contributed by atoms with Gasteiger partial charge in [-0.25, -0.2) is 9.78 Å². The molecule has 4 atom stereocenters. The van der Waals surface area contributed by atoms with Crippen LogP contribution in [0.4, 0.5) is 4.79 Å². The van der Waals surface area contributed by atoms with Gasteiger partial charge in [0, 0.05) is 24.3 Å². The molecule has 0 saturated heterocycles. The number of thiazole rings is 1. The summed E-state index contributed by atoms with van der Waals surface area (Å²) in [4.78, 5) is 43.5. The summed E-state index contributed by atoms with van der Waals surface area (Å²) in [5.74, 6) is -0.400. The zero-order chi connectivity index (χ0) is 29.7. The Morgan fingerprint density at radius 3 is 2.40 bits per heavy atom. The van der Waals surface area contributed by atoms with Crippen molar-refractivity contribution in [2.24, 2.45) is 17.8 Å². The predicted octanol–water partition coefficient (Wildman–Crippen LogP) is 4.97. The molecule has 2 rings (SSSR count). The molecule has 1 aliphatic carbocycles.